The van der Waals surface area contributed by atoms with Gasteiger partial charge in [0.15, 0.2) is 9.84 Å². The maximum Gasteiger partial charge on any atom is 0.243 e. The van der Waals surface area contributed by atoms with Gasteiger partial charge in [-0.15, -0.1) is 0 Å². The van der Waals surface area contributed by atoms with Gasteiger partial charge in [0.25, 0.3) is 0 Å². The first-order valence-corrected chi connectivity index (χ1v) is 7.88. The van der Waals surface area contributed by atoms with Crippen molar-refractivity contribution in [2.24, 2.45) is 0 Å². The number of halogens is 1. The van der Waals surface area contributed by atoms with Crippen molar-refractivity contribution in [3.63, 3.8) is 0 Å². The molecule has 1 heterocycles. The van der Waals surface area contributed by atoms with Gasteiger partial charge in [0.1, 0.15) is 11.9 Å². The second-order valence-electron chi connectivity index (χ2n) is 4.48. The van der Waals surface area contributed by atoms with E-state index in [-0.39, 0.29) is 17.2 Å². The lowest BCUT2D eigenvalue weighted by Gasteiger charge is -2.23. The number of nitrogens with one attached hydrogen (secondary N) is 2. The normalized spacial score (nSPS) is 19.6. The highest BCUT2D eigenvalue weighted by Gasteiger charge is 2.22. The number of morpholine rings is 1. The number of benzene rings is 1. The number of carbonyl (C=O) groups excluding carboxylic acids is 1. The van der Waals surface area contributed by atoms with Gasteiger partial charge in [-0.25, -0.2) is 12.8 Å². The Morgan fingerprint density at radius 3 is 2.85 bits per heavy atom. The number of sulfone groups is 1. The molecule has 8 heteroatoms. The van der Waals surface area contributed by atoms with Crippen LogP contribution in [0.25, 0.3) is 0 Å². The highest BCUT2D eigenvalue weighted by Crippen LogP contribution is 2.19. The highest BCUT2D eigenvalue weighted by atomic mass is 32.2. The molecule has 1 amide bonds. The predicted molar refractivity (Wildman–Crippen MR) is 70.7 cm³/mol. The maximum atomic E-state index is 13.6. The summed E-state index contributed by atoms with van der Waals surface area (Å²) in [5, 5.41) is 5.30. The largest absolute Gasteiger partial charge is 0.378 e. The molecule has 1 aliphatic heterocycles. The Morgan fingerprint density at radius 2 is 2.25 bits per heavy atom. The summed E-state index contributed by atoms with van der Waals surface area (Å²) in [5.74, 6) is -1.16. The standard InChI is InChI=1S/C12H15FN2O4S/c1-20(17,18)8-2-3-9(13)10(6-8)15-12(16)11-7-19-5-4-14-11/h2-3,6,11,14H,4-5,7H2,1H3,(H,15,16). The van der Waals surface area contributed by atoms with Gasteiger partial charge in [-0.1, -0.05) is 0 Å². The molecule has 1 fully saturated rings. The lowest BCUT2D eigenvalue weighted by molar-refractivity contribution is -0.120. The molecule has 0 spiro atoms. The monoisotopic (exact) mass is 302 g/mol. The smallest absolute Gasteiger partial charge is 0.243 e. The summed E-state index contributed by atoms with van der Waals surface area (Å²) in [6.07, 6.45) is 1.02. The summed E-state index contributed by atoms with van der Waals surface area (Å²) in [4.78, 5) is 11.9. The molecular formula is C12H15FN2O4S. The topological polar surface area (TPSA) is 84.5 Å². The summed E-state index contributed by atoms with van der Waals surface area (Å²) in [6.45, 7) is 1.24. The second-order valence-corrected chi connectivity index (χ2v) is 6.50. The molecule has 2 rings (SSSR count). The summed E-state index contributed by atoms with van der Waals surface area (Å²) in [7, 11) is -3.46. The molecule has 0 radical (unpaired) electrons. The number of rotatable bonds is 3. The van der Waals surface area contributed by atoms with Crippen LogP contribution >= 0.6 is 0 Å². The van der Waals surface area contributed by atoms with E-state index < -0.39 is 27.6 Å². The van der Waals surface area contributed by atoms with Crippen LogP contribution in [0.1, 0.15) is 0 Å². The third kappa shape index (κ3) is 3.53. The summed E-state index contributed by atoms with van der Waals surface area (Å²) in [5.41, 5.74) is -0.162. The van der Waals surface area contributed by atoms with Crippen LogP contribution in [0.5, 0.6) is 0 Å². The van der Waals surface area contributed by atoms with Gasteiger partial charge in [0, 0.05) is 12.8 Å². The number of hydrogen-bond donors (Lipinski definition) is 2. The van der Waals surface area contributed by atoms with Crippen molar-refractivity contribution in [2.45, 2.75) is 10.9 Å². The summed E-state index contributed by atoms with van der Waals surface area (Å²) < 4.78 is 41.6. The molecule has 1 unspecified atom stereocenters. The molecule has 0 saturated carbocycles. The van der Waals surface area contributed by atoms with Crippen molar-refractivity contribution in [3.8, 4) is 0 Å². The fraction of sp³-hybridized carbons (Fsp3) is 0.417. The molecule has 1 aromatic carbocycles. The Kier molecular flexibility index (Phi) is 4.36. The first-order chi connectivity index (χ1) is 9.38. The van der Waals surface area contributed by atoms with E-state index in [9.17, 15) is 17.6 Å². The second kappa shape index (κ2) is 5.86. The zero-order chi connectivity index (χ0) is 14.8. The minimum atomic E-state index is -3.46. The Bertz CT molecular complexity index is 612. The minimum absolute atomic E-state index is 0.0537. The molecule has 2 N–H and O–H groups in total. The van der Waals surface area contributed by atoms with Gasteiger partial charge in [-0.2, -0.15) is 0 Å². The third-order valence-electron chi connectivity index (χ3n) is 2.86. The zero-order valence-corrected chi connectivity index (χ0v) is 11.7. The molecule has 1 aliphatic rings. The van der Waals surface area contributed by atoms with E-state index in [0.29, 0.717) is 13.2 Å². The Balaban J connectivity index is 2.18. The molecule has 1 saturated heterocycles. The van der Waals surface area contributed by atoms with Gasteiger partial charge in [0.05, 0.1) is 23.8 Å². The molecule has 1 atom stereocenters. The van der Waals surface area contributed by atoms with E-state index in [1.807, 2.05) is 0 Å². The van der Waals surface area contributed by atoms with Crippen molar-refractivity contribution < 1.29 is 22.3 Å². The van der Waals surface area contributed by atoms with Crippen LogP contribution in [0.4, 0.5) is 10.1 Å². The Labute approximate surface area is 116 Å². The van der Waals surface area contributed by atoms with Crippen molar-refractivity contribution in [1.82, 2.24) is 5.32 Å². The Hall–Kier alpha value is -1.51. The van der Waals surface area contributed by atoms with Crippen LogP contribution in [0, 0.1) is 5.82 Å². The molecule has 0 aliphatic carbocycles. The fourth-order valence-electron chi connectivity index (χ4n) is 1.78. The number of hydrogen-bond acceptors (Lipinski definition) is 5. The van der Waals surface area contributed by atoms with Crippen molar-refractivity contribution in [3.05, 3.63) is 24.0 Å². The van der Waals surface area contributed by atoms with Crippen LogP contribution in [-0.4, -0.2) is 46.4 Å². The van der Waals surface area contributed by atoms with E-state index >= 15 is 0 Å². The van der Waals surface area contributed by atoms with Gasteiger partial charge in [-0.3, -0.25) is 4.79 Å². The summed E-state index contributed by atoms with van der Waals surface area (Å²) in [6, 6.07) is 2.69. The van der Waals surface area contributed by atoms with Crippen molar-refractivity contribution >= 4 is 21.4 Å². The van der Waals surface area contributed by atoms with Gasteiger partial charge >= 0.3 is 0 Å². The summed E-state index contributed by atoms with van der Waals surface area (Å²) >= 11 is 0. The third-order valence-corrected chi connectivity index (χ3v) is 3.97. The SMILES string of the molecule is CS(=O)(=O)c1ccc(F)c(NC(=O)C2COCCN2)c1. The first-order valence-electron chi connectivity index (χ1n) is 5.99. The zero-order valence-electron chi connectivity index (χ0n) is 10.8. The maximum absolute atomic E-state index is 13.6. The number of anilines is 1. The quantitative estimate of drug-likeness (QED) is 0.777. The molecule has 110 valence electrons. The molecular weight excluding hydrogens is 287 g/mol. The van der Waals surface area contributed by atoms with E-state index in [2.05, 4.69) is 10.6 Å². The Morgan fingerprint density at radius 1 is 1.50 bits per heavy atom. The van der Waals surface area contributed by atoms with Crippen LogP contribution in [0.3, 0.4) is 0 Å². The molecule has 1 aromatic rings. The van der Waals surface area contributed by atoms with E-state index in [1.165, 1.54) is 0 Å². The molecule has 0 bridgehead atoms. The molecule has 6 nitrogen and oxygen atoms in total. The van der Waals surface area contributed by atoms with Gasteiger partial charge in [-0.05, 0) is 18.2 Å². The van der Waals surface area contributed by atoms with Crippen LogP contribution in [0.2, 0.25) is 0 Å². The molecule has 0 aromatic heterocycles. The predicted octanol–water partition coefficient (Wildman–Crippen LogP) is 0.156. The molecule has 20 heavy (non-hydrogen) atoms. The first kappa shape index (κ1) is 14.9. The highest BCUT2D eigenvalue weighted by molar-refractivity contribution is 7.90. The average Bonchev–Trinajstić information content (AvgIpc) is 2.41. The van der Waals surface area contributed by atoms with E-state index in [4.69, 9.17) is 4.74 Å². The van der Waals surface area contributed by atoms with Crippen LogP contribution < -0.4 is 10.6 Å². The van der Waals surface area contributed by atoms with Gasteiger partial charge in [0.2, 0.25) is 5.91 Å². The number of carbonyl (C=O) groups is 1. The van der Waals surface area contributed by atoms with Crippen molar-refractivity contribution in [2.75, 3.05) is 31.3 Å². The van der Waals surface area contributed by atoms with Crippen molar-refractivity contribution in [1.29, 1.82) is 0 Å². The fourth-order valence-corrected chi connectivity index (χ4v) is 2.43. The van der Waals surface area contributed by atoms with E-state index in [1.54, 1.807) is 0 Å². The lowest BCUT2D eigenvalue weighted by Crippen LogP contribution is -2.48. The number of amides is 1. The van der Waals surface area contributed by atoms with E-state index in [0.717, 1.165) is 24.5 Å². The van der Waals surface area contributed by atoms with Crippen LogP contribution in [0.15, 0.2) is 23.1 Å². The van der Waals surface area contributed by atoms with Crippen LogP contribution in [-0.2, 0) is 19.4 Å². The van der Waals surface area contributed by atoms with Gasteiger partial charge < -0.3 is 15.4 Å². The lowest BCUT2D eigenvalue weighted by atomic mass is 10.2. The minimum Gasteiger partial charge on any atom is -0.378 e. The number of ether oxygens (including phenoxy) is 1. The average molecular weight is 302 g/mol.